The van der Waals surface area contributed by atoms with Gasteiger partial charge in [-0.2, -0.15) is 0 Å². The third-order valence-corrected chi connectivity index (χ3v) is 5.66. The van der Waals surface area contributed by atoms with Gasteiger partial charge in [0.1, 0.15) is 11.4 Å². The maximum absolute atomic E-state index is 12.9. The van der Waals surface area contributed by atoms with E-state index in [2.05, 4.69) is 61.3 Å². The van der Waals surface area contributed by atoms with Crippen LogP contribution in [0.25, 0.3) is 0 Å². The average Bonchev–Trinajstić information content (AvgIpc) is 2.68. The third-order valence-electron chi connectivity index (χ3n) is 5.66. The molecule has 2 aromatic carbocycles. The zero-order chi connectivity index (χ0) is 20.4. The lowest BCUT2D eigenvalue weighted by molar-refractivity contribution is 0.0342. The van der Waals surface area contributed by atoms with Crippen molar-refractivity contribution in [3.8, 4) is 5.75 Å². The van der Waals surface area contributed by atoms with Gasteiger partial charge in [0.05, 0.1) is 19.3 Å². The van der Waals surface area contributed by atoms with Crippen molar-refractivity contribution in [3.05, 3.63) is 64.7 Å². The van der Waals surface area contributed by atoms with Crippen molar-refractivity contribution in [3.63, 3.8) is 0 Å². The second-order valence-electron chi connectivity index (χ2n) is 8.72. The molecule has 154 valence electrons. The maximum atomic E-state index is 12.9. The number of aryl methyl sites for hydroxylation is 1. The van der Waals surface area contributed by atoms with Gasteiger partial charge in [0, 0.05) is 37.2 Å². The molecule has 4 rings (SSSR count). The highest BCUT2D eigenvalue weighted by Gasteiger charge is 2.34. The molecule has 0 bridgehead atoms. The van der Waals surface area contributed by atoms with E-state index in [1.807, 2.05) is 12.1 Å². The van der Waals surface area contributed by atoms with Crippen molar-refractivity contribution >= 4 is 5.91 Å². The van der Waals surface area contributed by atoms with Crippen LogP contribution in [0.2, 0.25) is 0 Å². The summed E-state index contributed by atoms with van der Waals surface area (Å²) in [5.74, 6) is 0.824. The summed E-state index contributed by atoms with van der Waals surface area (Å²) in [4.78, 5) is 15.3. The number of benzene rings is 2. The van der Waals surface area contributed by atoms with E-state index in [4.69, 9.17) is 9.47 Å². The Morgan fingerprint density at radius 3 is 2.59 bits per heavy atom. The van der Waals surface area contributed by atoms with Crippen LogP contribution in [0.1, 0.15) is 53.4 Å². The third kappa shape index (κ3) is 4.80. The molecule has 0 saturated carbocycles. The van der Waals surface area contributed by atoms with Crippen molar-refractivity contribution < 1.29 is 14.3 Å². The van der Waals surface area contributed by atoms with Crippen LogP contribution in [-0.4, -0.2) is 42.7 Å². The molecule has 0 spiro atoms. The lowest BCUT2D eigenvalue weighted by Gasteiger charge is -2.38. The summed E-state index contributed by atoms with van der Waals surface area (Å²) < 4.78 is 11.5. The number of nitrogens with one attached hydrogen (secondary N) is 1. The van der Waals surface area contributed by atoms with Gasteiger partial charge in [0.25, 0.3) is 5.91 Å². The predicted octanol–water partition coefficient (Wildman–Crippen LogP) is 3.86. The molecule has 1 N–H and O–H groups in total. The van der Waals surface area contributed by atoms with Gasteiger partial charge in [0.2, 0.25) is 0 Å². The summed E-state index contributed by atoms with van der Waals surface area (Å²) in [6.45, 7) is 10.6. The number of rotatable bonds is 4. The second-order valence-corrected chi connectivity index (χ2v) is 8.72. The number of ether oxygens (including phenoxy) is 2. The molecule has 1 atom stereocenters. The first-order valence-corrected chi connectivity index (χ1v) is 10.4. The van der Waals surface area contributed by atoms with Crippen LogP contribution in [-0.2, 0) is 11.3 Å². The summed E-state index contributed by atoms with van der Waals surface area (Å²) in [6, 6.07) is 14.1. The van der Waals surface area contributed by atoms with Crippen LogP contribution < -0.4 is 10.1 Å². The zero-order valence-electron chi connectivity index (χ0n) is 17.5. The fourth-order valence-corrected chi connectivity index (χ4v) is 4.11. The molecule has 2 heterocycles. The minimum Gasteiger partial charge on any atom is -0.487 e. The smallest absolute Gasteiger partial charge is 0.251 e. The van der Waals surface area contributed by atoms with Crippen molar-refractivity contribution in [2.24, 2.45) is 0 Å². The van der Waals surface area contributed by atoms with Gasteiger partial charge in [-0.25, -0.2) is 0 Å². The van der Waals surface area contributed by atoms with E-state index >= 15 is 0 Å². The first-order valence-electron chi connectivity index (χ1n) is 10.4. The number of fused-ring (bicyclic) bond motifs is 1. The molecule has 0 unspecified atom stereocenters. The Labute approximate surface area is 173 Å². The van der Waals surface area contributed by atoms with Gasteiger partial charge in [-0.1, -0.05) is 24.3 Å². The summed E-state index contributed by atoms with van der Waals surface area (Å²) in [5, 5.41) is 3.22. The van der Waals surface area contributed by atoms with Gasteiger partial charge in [-0.3, -0.25) is 9.69 Å². The van der Waals surface area contributed by atoms with E-state index < -0.39 is 0 Å². The number of amides is 1. The van der Waals surface area contributed by atoms with Crippen LogP contribution in [0.3, 0.4) is 0 Å². The van der Waals surface area contributed by atoms with Crippen molar-refractivity contribution in [1.29, 1.82) is 0 Å². The highest BCUT2D eigenvalue weighted by Crippen LogP contribution is 2.40. The fraction of sp³-hybridized carbons (Fsp3) is 0.458. The number of hydrogen-bond donors (Lipinski definition) is 1. The van der Waals surface area contributed by atoms with E-state index in [0.717, 1.165) is 56.1 Å². The molecule has 1 fully saturated rings. The summed E-state index contributed by atoms with van der Waals surface area (Å²) in [7, 11) is 0. The molecule has 0 aliphatic carbocycles. The SMILES string of the molecule is Cc1ccc2c(c1)OC(C)(C)C[C@H]2NC(=O)c1ccc(CN2CCOCC2)cc1. The minimum absolute atomic E-state index is 0.0443. The number of morpholine rings is 1. The molecule has 5 heteroatoms. The monoisotopic (exact) mass is 394 g/mol. The summed E-state index contributed by atoms with van der Waals surface area (Å²) >= 11 is 0. The minimum atomic E-state index is -0.319. The molecular formula is C24H30N2O3. The predicted molar refractivity (Wildman–Crippen MR) is 113 cm³/mol. The van der Waals surface area contributed by atoms with Crippen LogP contribution in [0.5, 0.6) is 5.75 Å². The van der Waals surface area contributed by atoms with Gasteiger partial charge in [0.15, 0.2) is 0 Å². The number of nitrogens with zero attached hydrogens (tertiary/aromatic N) is 1. The molecule has 1 saturated heterocycles. The lowest BCUT2D eigenvalue weighted by Crippen LogP contribution is -2.41. The first kappa shape index (κ1) is 19.9. The summed E-state index contributed by atoms with van der Waals surface area (Å²) in [6.07, 6.45) is 0.740. The zero-order valence-corrected chi connectivity index (χ0v) is 17.5. The molecule has 2 aliphatic heterocycles. The highest BCUT2D eigenvalue weighted by molar-refractivity contribution is 5.94. The second kappa shape index (κ2) is 8.17. The number of carbonyl (C=O) groups excluding carboxylic acids is 1. The molecule has 0 radical (unpaired) electrons. The standard InChI is InChI=1S/C24H30N2O3/c1-17-4-9-20-21(15-24(2,3)29-22(20)14-17)25-23(27)19-7-5-18(6-8-19)16-26-10-12-28-13-11-26/h4-9,14,21H,10-13,15-16H2,1-3H3,(H,25,27)/t21-/m1/s1. The van der Waals surface area contributed by atoms with Crippen molar-refractivity contribution in [1.82, 2.24) is 10.2 Å². The normalized spacial score (nSPS) is 21.1. The van der Waals surface area contributed by atoms with E-state index in [1.165, 1.54) is 5.56 Å². The van der Waals surface area contributed by atoms with Gasteiger partial charge in [-0.05, 0) is 50.1 Å². The van der Waals surface area contributed by atoms with Gasteiger partial charge in [-0.15, -0.1) is 0 Å². The van der Waals surface area contributed by atoms with Crippen LogP contribution in [0.15, 0.2) is 42.5 Å². The Morgan fingerprint density at radius 2 is 1.86 bits per heavy atom. The molecule has 29 heavy (non-hydrogen) atoms. The Morgan fingerprint density at radius 1 is 1.14 bits per heavy atom. The molecule has 2 aliphatic rings. The largest absolute Gasteiger partial charge is 0.487 e. The Balaban J connectivity index is 1.45. The Bertz CT molecular complexity index is 870. The fourth-order valence-electron chi connectivity index (χ4n) is 4.11. The number of carbonyl (C=O) groups is 1. The van der Waals surface area contributed by atoms with E-state index in [0.29, 0.717) is 5.56 Å². The molecule has 5 nitrogen and oxygen atoms in total. The van der Waals surface area contributed by atoms with E-state index in [-0.39, 0.29) is 17.6 Å². The maximum Gasteiger partial charge on any atom is 0.251 e. The van der Waals surface area contributed by atoms with Gasteiger partial charge < -0.3 is 14.8 Å². The van der Waals surface area contributed by atoms with E-state index in [9.17, 15) is 4.79 Å². The number of hydrogen-bond acceptors (Lipinski definition) is 4. The molecule has 2 aromatic rings. The van der Waals surface area contributed by atoms with Crippen molar-refractivity contribution in [2.45, 2.75) is 45.4 Å². The summed E-state index contributed by atoms with van der Waals surface area (Å²) in [5.41, 5.74) is 3.79. The van der Waals surface area contributed by atoms with Crippen LogP contribution in [0.4, 0.5) is 0 Å². The van der Waals surface area contributed by atoms with Crippen LogP contribution >= 0.6 is 0 Å². The molecule has 1 amide bonds. The van der Waals surface area contributed by atoms with E-state index in [1.54, 1.807) is 0 Å². The topological polar surface area (TPSA) is 50.8 Å². The average molecular weight is 395 g/mol. The first-order chi connectivity index (χ1) is 13.9. The highest BCUT2D eigenvalue weighted by atomic mass is 16.5. The lowest BCUT2D eigenvalue weighted by atomic mass is 9.89. The Hall–Kier alpha value is -2.37. The van der Waals surface area contributed by atoms with Crippen molar-refractivity contribution in [2.75, 3.05) is 26.3 Å². The molecular weight excluding hydrogens is 364 g/mol. The quantitative estimate of drug-likeness (QED) is 0.856. The van der Waals surface area contributed by atoms with Gasteiger partial charge >= 0.3 is 0 Å². The Kier molecular flexibility index (Phi) is 5.61. The molecule has 0 aromatic heterocycles. The van der Waals surface area contributed by atoms with Crippen LogP contribution in [0, 0.1) is 6.92 Å².